The molecule has 0 aromatic carbocycles. The molecule has 3 rings (SSSR count). The van der Waals surface area contributed by atoms with Gasteiger partial charge in [-0.25, -0.2) is 9.78 Å². The van der Waals surface area contributed by atoms with Gasteiger partial charge < -0.3 is 26.6 Å². The van der Waals surface area contributed by atoms with E-state index in [-0.39, 0.29) is 23.9 Å². The van der Waals surface area contributed by atoms with Gasteiger partial charge in [-0.2, -0.15) is 0 Å². The summed E-state index contributed by atoms with van der Waals surface area (Å²) in [7, 11) is 0. The van der Waals surface area contributed by atoms with Gasteiger partial charge in [0.15, 0.2) is 0 Å². The number of ketones is 2. The highest BCUT2D eigenvalue weighted by atomic mass is 79.9. The number of primary amides is 1. The lowest BCUT2D eigenvalue weighted by molar-refractivity contribution is -0.143. The first kappa shape index (κ1) is 35.8. The number of likely N-dealkylation sites (tertiary alicyclic amines) is 1. The molecule has 2 fully saturated rings. The van der Waals surface area contributed by atoms with Gasteiger partial charge in [0.1, 0.15) is 22.4 Å². The Hall–Kier alpha value is -3.35. The number of hydrogen-bond donors (Lipinski definition) is 4. The molecule has 5 amide bonds. The first-order valence-corrected chi connectivity index (χ1v) is 15.7. The summed E-state index contributed by atoms with van der Waals surface area (Å²) < 4.78 is 0.489. The quantitative estimate of drug-likeness (QED) is 0.151. The lowest BCUT2D eigenvalue weighted by Crippen LogP contribution is -2.60. The molecule has 2 heterocycles. The third-order valence-corrected chi connectivity index (χ3v) is 7.81. The molecule has 12 nitrogen and oxygen atoms in total. The van der Waals surface area contributed by atoms with Crippen LogP contribution in [0.1, 0.15) is 90.6 Å². The minimum atomic E-state index is -1.11. The maximum atomic E-state index is 13.8. The number of amides is 5. The van der Waals surface area contributed by atoms with Crippen LogP contribution in [0.2, 0.25) is 0 Å². The minimum absolute atomic E-state index is 0.190. The highest BCUT2D eigenvalue weighted by molar-refractivity contribution is 9.10. The second kappa shape index (κ2) is 15.9. The summed E-state index contributed by atoms with van der Waals surface area (Å²) in [5.74, 6) is -3.09. The normalized spacial score (nSPS) is 18.3. The van der Waals surface area contributed by atoms with E-state index < -0.39 is 59.1 Å². The van der Waals surface area contributed by atoms with E-state index in [0.29, 0.717) is 30.3 Å². The SMILES string of the molecule is CC.CC[C@H](NC(=O)NC(C(=O)N1CCC[C@H]1C(=O)NC(CC1CC1)C(=O)C(N)=O)C(C)(C)C)C(=O)c1cccc(Br)n1. The van der Waals surface area contributed by atoms with Crippen molar-refractivity contribution in [2.24, 2.45) is 17.1 Å². The van der Waals surface area contributed by atoms with Crippen molar-refractivity contribution in [3.05, 3.63) is 28.5 Å². The zero-order valence-corrected chi connectivity index (χ0v) is 27.5. The lowest BCUT2D eigenvalue weighted by Gasteiger charge is -2.36. The Bertz CT molecular complexity index is 1200. The highest BCUT2D eigenvalue weighted by Crippen LogP contribution is 2.34. The second-order valence-corrected chi connectivity index (χ2v) is 12.6. The first-order chi connectivity index (χ1) is 20.2. The average Bonchev–Trinajstić information content (AvgIpc) is 3.64. The van der Waals surface area contributed by atoms with Gasteiger partial charge in [-0.05, 0) is 65.1 Å². The van der Waals surface area contributed by atoms with E-state index in [1.165, 1.54) is 4.90 Å². The van der Waals surface area contributed by atoms with Crippen LogP contribution in [0.25, 0.3) is 0 Å². The van der Waals surface area contributed by atoms with Crippen LogP contribution in [0, 0.1) is 11.3 Å². The van der Waals surface area contributed by atoms with Crippen LogP contribution in [0.5, 0.6) is 0 Å². The molecule has 0 radical (unpaired) electrons. The molecule has 5 N–H and O–H groups in total. The third-order valence-electron chi connectivity index (χ3n) is 7.37. The maximum Gasteiger partial charge on any atom is 0.316 e. The topological polar surface area (TPSA) is 181 Å². The summed E-state index contributed by atoms with van der Waals surface area (Å²) in [6.45, 7) is 11.4. The Morgan fingerprint density at radius 3 is 2.21 bits per heavy atom. The number of nitrogens with two attached hydrogens (primary N) is 1. The van der Waals surface area contributed by atoms with Gasteiger partial charge >= 0.3 is 6.03 Å². The molecule has 238 valence electrons. The summed E-state index contributed by atoms with van der Waals surface area (Å²) >= 11 is 3.24. The van der Waals surface area contributed by atoms with Gasteiger partial charge in [-0.1, -0.05) is 60.5 Å². The number of Topliss-reactive ketones (excluding diaryl/α,β-unsaturated/α-hetero) is 2. The fraction of sp³-hybridized carbons (Fsp3) is 0.633. The molecule has 43 heavy (non-hydrogen) atoms. The highest BCUT2D eigenvalue weighted by Gasteiger charge is 2.43. The van der Waals surface area contributed by atoms with Crippen molar-refractivity contribution in [1.82, 2.24) is 25.8 Å². The number of carbonyl (C=O) groups excluding carboxylic acids is 6. The van der Waals surface area contributed by atoms with Gasteiger partial charge in [0.2, 0.25) is 23.4 Å². The van der Waals surface area contributed by atoms with Crippen LogP contribution < -0.4 is 21.7 Å². The number of nitrogens with one attached hydrogen (secondary N) is 3. The molecule has 2 unspecified atom stereocenters. The van der Waals surface area contributed by atoms with Crippen LogP contribution >= 0.6 is 15.9 Å². The number of rotatable bonds is 12. The molecule has 1 aliphatic heterocycles. The molecule has 1 saturated heterocycles. The molecule has 2 aliphatic rings. The number of hydrogen-bond acceptors (Lipinski definition) is 7. The Labute approximate surface area is 261 Å². The second-order valence-electron chi connectivity index (χ2n) is 11.7. The molecule has 13 heteroatoms. The molecule has 0 spiro atoms. The van der Waals surface area contributed by atoms with Crippen molar-refractivity contribution >= 4 is 51.2 Å². The van der Waals surface area contributed by atoms with E-state index in [9.17, 15) is 28.8 Å². The first-order valence-electron chi connectivity index (χ1n) is 14.9. The number of aromatic nitrogens is 1. The van der Waals surface area contributed by atoms with E-state index in [2.05, 4.69) is 36.9 Å². The van der Waals surface area contributed by atoms with Crippen molar-refractivity contribution in [3.8, 4) is 0 Å². The summed E-state index contributed by atoms with van der Waals surface area (Å²) in [4.78, 5) is 82.5. The van der Waals surface area contributed by atoms with Crippen LogP contribution in [0.15, 0.2) is 22.8 Å². The van der Waals surface area contributed by atoms with Crippen molar-refractivity contribution in [2.45, 2.75) is 104 Å². The van der Waals surface area contributed by atoms with Crippen LogP contribution in [0.4, 0.5) is 4.79 Å². The van der Waals surface area contributed by atoms with Crippen molar-refractivity contribution in [1.29, 1.82) is 0 Å². The van der Waals surface area contributed by atoms with E-state index in [1.54, 1.807) is 45.9 Å². The van der Waals surface area contributed by atoms with Crippen LogP contribution in [0.3, 0.4) is 0 Å². The fourth-order valence-corrected chi connectivity index (χ4v) is 5.23. The van der Waals surface area contributed by atoms with Crippen molar-refractivity contribution in [2.75, 3.05) is 6.54 Å². The number of nitrogens with zero attached hydrogens (tertiary/aromatic N) is 2. The fourth-order valence-electron chi connectivity index (χ4n) is 4.88. The molecule has 1 aliphatic carbocycles. The molecule has 1 saturated carbocycles. The summed E-state index contributed by atoms with van der Waals surface area (Å²) in [5, 5.41) is 8.02. The van der Waals surface area contributed by atoms with E-state index in [1.807, 2.05) is 13.8 Å². The monoisotopic (exact) mass is 664 g/mol. The Kier molecular flexibility index (Phi) is 13.3. The summed E-state index contributed by atoms with van der Waals surface area (Å²) in [6, 6.07) is 0.416. The number of urea groups is 1. The molecular formula is C30H45BrN6O6. The van der Waals surface area contributed by atoms with E-state index in [0.717, 1.165) is 12.8 Å². The van der Waals surface area contributed by atoms with Crippen LogP contribution in [-0.4, -0.2) is 75.9 Å². The number of halogens is 1. The predicted molar refractivity (Wildman–Crippen MR) is 165 cm³/mol. The smallest absolute Gasteiger partial charge is 0.316 e. The number of pyridine rings is 1. The largest absolute Gasteiger partial charge is 0.363 e. The number of carbonyl (C=O) groups is 6. The van der Waals surface area contributed by atoms with Gasteiger partial charge in [0, 0.05) is 6.54 Å². The maximum absolute atomic E-state index is 13.8. The Balaban J connectivity index is 0.00000316. The predicted octanol–water partition coefficient (Wildman–Crippen LogP) is 2.88. The van der Waals surface area contributed by atoms with Crippen LogP contribution in [-0.2, 0) is 19.2 Å². The summed E-state index contributed by atoms with van der Waals surface area (Å²) in [5.41, 5.74) is 4.64. The van der Waals surface area contributed by atoms with Crippen molar-refractivity contribution < 1.29 is 28.8 Å². The molecule has 0 bridgehead atoms. The molecule has 1 aromatic heterocycles. The van der Waals surface area contributed by atoms with Crippen molar-refractivity contribution in [3.63, 3.8) is 0 Å². The summed E-state index contributed by atoms with van der Waals surface area (Å²) in [6.07, 6.45) is 3.38. The van der Waals surface area contributed by atoms with Gasteiger partial charge in [0.25, 0.3) is 5.91 Å². The minimum Gasteiger partial charge on any atom is -0.363 e. The molecular weight excluding hydrogens is 620 g/mol. The molecule has 4 atom stereocenters. The Morgan fingerprint density at radius 2 is 1.67 bits per heavy atom. The van der Waals surface area contributed by atoms with E-state index >= 15 is 0 Å². The Morgan fingerprint density at radius 1 is 1.02 bits per heavy atom. The van der Waals surface area contributed by atoms with E-state index in [4.69, 9.17) is 5.73 Å². The van der Waals surface area contributed by atoms with Gasteiger partial charge in [0.05, 0.1) is 12.1 Å². The standard InChI is InChI=1S/C28H39BrN6O6.C2H6/c1-5-16(21(36)17-8-6-10-20(29)31-17)33-27(41)34-23(28(2,3)4)26(40)35-13-7-9-19(35)25(39)32-18(14-15-11-12-15)22(37)24(30)38;1-2/h6,8,10,15-16,18-19,23H,5,7,9,11-14H2,1-4H3,(H2,30,38)(H,32,39)(H2,33,34,41);1-2H3/t16-,18?,19-,23?;/m0./s1. The zero-order chi connectivity index (χ0) is 32.5. The van der Waals surface area contributed by atoms with Gasteiger partial charge in [-0.3, -0.25) is 24.0 Å². The molecule has 1 aromatic rings. The lowest BCUT2D eigenvalue weighted by atomic mass is 9.85. The zero-order valence-electron chi connectivity index (χ0n) is 25.9. The average molecular weight is 666 g/mol. The van der Waals surface area contributed by atoms with Gasteiger partial charge in [-0.15, -0.1) is 0 Å². The third kappa shape index (κ3) is 10.1.